The van der Waals surface area contributed by atoms with Gasteiger partial charge in [-0.15, -0.1) is 0 Å². The van der Waals surface area contributed by atoms with Crippen molar-refractivity contribution < 1.29 is 14.4 Å². The van der Waals surface area contributed by atoms with E-state index in [0.29, 0.717) is 17.8 Å². The number of amides is 3. The fraction of sp³-hybridized carbons (Fsp3) is 0.350. The molecule has 1 fully saturated rings. The van der Waals surface area contributed by atoms with Gasteiger partial charge in [-0.25, -0.2) is 4.90 Å². The van der Waals surface area contributed by atoms with Crippen molar-refractivity contribution >= 4 is 52.3 Å². The number of allylic oxidation sites excluding steroid dienone is 2. The van der Waals surface area contributed by atoms with Crippen LogP contribution in [0.2, 0.25) is 10.0 Å². The van der Waals surface area contributed by atoms with E-state index in [4.69, 9.17) is 23.2 Å². The molecule has 2 N–H and O–H groups in total. The molecule has 3 amide bonds. The molecule has 1 aliphatic heterocycles. The van der Waals surface area contributed by atoms with Gasteiger partial charge in [0, 0.05) is 12.1 Å². The molecule has 1 atom stereocenters. The molecule has 0 saturated carbocycles. The maximum Gasteiger partial charge on any atom is 0.261 e. The molecule has 1 saturated heterocycles. The molecular weight excluding hydrogens is 401 g/mol. The predicted molar refractivity (Wildman–Crippen MR) is 113 cm³/mol. The summed E-state index contributed by atoms with van der Waals surface area (Å²) in [6, 6.07) is 2.38. The highest BCUT2D eigenvalue weighted by Gasteiger charge is 2.37. The number of carbonyl (C=O) groups is 3. The first-order valence-electron chi connectivity index (χ1n) is 8.85. The fourth-order valence-electron chi connectivity index (χ4n) is 2.74. The maximum absolute atomic E-state index is 12.6. The summed E-state index contributed by atoms with van der Waals surface area (Å²) in [5, 5.41) is 6.22. The second-order valence-corrected chi connectivity index (χ2v) is 7.47. The van der Waals surface area contributed by atoms with Gasteiger partial charge >= 0.3 is 0 Å². The van der Waals surface area contributed by atoms with E-state index in [1.54, 1.807) is 20.8 Å². The molecule has 8 heteroatoms. The molecule has 6 nitrogen and oxygen atoms in total. The number of nitrogens with zero attached hydrogens (tertiary/aromatic N) is 1. The van der Waals surface area contributed by atoms with Crippen molar-refractivity contribution in [3.05, 3.63) is 45.5 Å². The van der Waals surface area contributed by atoms with Crippen LogP contribution in [-0.4, -0.2) is 30.3 Å². The lowest BCUT2D eigenvalue weighted by Crippen LogP contribution is -2.37. The van der Waals surface area contributed by atoms with Gasteiger partial charge in [0.25, 0.3) is 5.91 Å². The van der Waals surface area contributed by atoms with Crippen LogP contribution >= 0.6 is 23.2 Å². The Morgan fingerprint density at radius 2 is 1.93 bits per heavy atom. The van der Waals surface area contributed by atoms with E-state index >= 15 is 0 Å². The van der Waals surface area contributed by atoms with Crippen molar-refractivity contribution in [2.75, 3.05) is 16.8 Å². The number of halogens is 2. The van der Waals surface area contributed by atoms with Crippen molar-refractivity contribution in [3.8, 4) is 0 Å². The molecule has 1 unspecified atom stereocenters. The third-order valence-electron chi connectivity index (χ3n) is 4.31. The second kappa shape index (κ2) is 9.26. The summed E-state index contributed by atoms with van der Waals surface area (Å²) in [7, 11) is 0. The highest BCUT2D eigenvalue weighted by Crippen LogP contribution is 2.38. The molecule has 2 rings (SSSR count). The number of anilines is 2. The summed E-state index contributed by atoms with van der Waals surface area (Å²) in [6.07, 6.45) is 3.70. The van der Waals surface area contributed by atoms with Crippen molar-refractivity contribution in [3.63, 3.8) is 0 Å². The molecule has 0 aliphatic carbocycles. The van der Waals surface area contributed by atoms with Crippen molar-refractivity contribution in [2.45, 2.75) is 40.2 Å². The van der Waals surface area contributed by atoms with Crippen LogP contribution in [0.25, 0.3) is 0 Å². The number of imide groups is 1. The number of carbonyl (C=O) groups excluding carboxylic acids is 3. The zero-order valence-corrected chi connectivity index (χ0v) is 17.7. The first-order valence-corrected chi connectivity index (χ1v) is 9.61. The minimum Gasteiger partial charge on any atom is -0.373 e. The minimum atomic E-state index is -0.588. The van der Waals surface area contributed by atoms with Crippen LogP contribution < -0.4 is 15.5 Å². The van der Waals surface area contributed by atoms with Gasteiger partial charge in [-0.2, -0.15) is 0 Å². The number of nitrogens with one attached hydrogen (secondary N) is 2. The topological polar surface area (TPSA) is 78.5 Å². The Morgan fingerprint density at radius 1 is 1.25 bits per heavy atom. The van der Waals surface area contributed by atoms with E-state index in [-0.39, 0.29) is 34.0 Å². The van der Waals surface area contributed by atoms with Gasteiger partial charge in [0.2, 0.25) is 11.8 Å². The first kappa shape index (κ1) is 22.0. The average Bonchev–Trinajstić information content (AvgIpc) is 2.92. The van der Waals surface area contributed by atoms with Gasteiger partial charge in [-0.3, -0.25) is 14.4 Å². The van der Waals surface area contributed by atoms with Gasteiger partial charge in [0.15, 0.2) is 0 Å². The third kappa shape index (κ3) is 4.75. The van der Waals surface area contributed by atoms with Crippen LogP contribution in [0, 0.1) is 0 Å². The fourth-order valence-corrected chi connectivity index (χ4v) is 3.26. The molecule has 0 aromatic heterocycles. The molecule has 1 aromatic rings. The Kier molecular flexibility index (Phi) is 7.27. The summed E-state index contributed by atoms with van der Waals surface area (Å²) in [5.74, 6) is -0.961. The quantitative estimate of drug-likeness (QED) is 0.410. The van der Waals surface area contributed by atoms with Crippen LogP contribution in [0.15, 0.2) is 35.4 Å². The van der Waals surface area contributed by atoms with E-state index in [0.717, 1.165) is 10.5 Å². The molecule has 0 radical (unpaired) electrons. The molecule has 1 aromatic carbocycles. The number of hydrogen-bond acceptors (Lipinski definition) is 4. The Morgan fingerprint density at radius 3 is 2.50 bits per heavy atom. The molecule has 28 heavy (non-hydrogen) atoms. The second-order valence-electron chi connectivity index (χ2n) is 6.65. The van der Waals surface area contributed by atoms with Crippen molar-refractivity contribution in [2.24, 2.45) is 0 Å². The minimum absolute atomic E-state index is 0.0344. The Balaban J connectivity index is 2.30. The molecule has 1 heterocycles. The van der Waals surface area contributed by atoms with Crippen LogP contribution in [0.3, 0.4) is 0 Å². The highest BCUT2D eigenvalue weighted by atomic mass is 35.5. The number of rotatable bonds is 6. The zero-order valence-electron chi connectivity index (χ0n) is 16.2. The summed E-state index contributed by atoms with van der Waals surface area (Å²) >= 11 is 12.5. The predicted octanol–water partition coefficient (Wildman–Crippen LogP) is 4.09. The molecular formula is C20H23Cl2N3O3. The van der Waals surface area contributed by atoms with Gasteiger partial charge in [-0.05, 0) is 39.8 Å². The smallest absolute Gasteiger partial charge is 0.261 e. The summed E-state index contributed by atoms with van der Waals surface area (Å²) < 4.78 is 0. The average molecular weight is 424 g/mol. The monoisotopic (exact) mass is 423 g/mol. The van der Waals surface area contributed by atoms with Crippen LogP contribution in [0.4, 0.5) is 11.4 Å². The normalized spacial score (nSPS) is 15.4. The first-order chi connectivity index (χ1) is 13.2. The molecule has 0 bridgehead atoms. The van der Waals surface area contributed by atoms with Crippen LogP contribution in [-0.2, 0) is 14.4 Å². The van der Waals surface area contributed by atoms with Crippen LogP contribution in [0.1, 0.15) is 34.1 Å². The third-order valence-corrected chi connectivity index (χ3v) is 4.93. The zero-order chi connectivity index (χ0) is 21.0. The number of hydrogen-bond donors (Lipinski definition) is 2. The van der Waals surface area contributed by atoms with Crippen molar-refractivity contribution in [1.29, 1.82) is 0 Å². The van der Waals surface area contributed by atoms with E-state index in [1.165, 1.54) is 12.1 Å². The molecule has 1 aliphatic rings. The van der Waals surface area contributed by atoms with E-state index in [1.807, 2.05) is 19.1 Å². The summed E-state index contributed by atoms with van der Waals surface area (Å²) in [5.41, 5.74) is 1.89. The lowest BCUT2D eigenvalue weighted by Gasteiger charge is -2.20. The summed E-state index contributed by atoms with van der Waals surface area (Å²) in [4.78, 5) is 38.3. The highest BCUT2D eigenvalue weighted by molar-refractivity contribution is 6.40. The van der Waals surface area contributed by atoms with E-state index in [2.05, 4.69) is 10.6 Å². The van der Waals surface area contributed by atoms with Gasteiger partial charge in [-0.1, -0.05) is 40.9 Å². The molecule has 0 spiro atoms. The number of benzene rings is 1. The van der Waals surface area contributed by atoms with E-state index < -0.39 is 11.9 Å². The molecule has 150 valence electrons. The standard InChI is InChI=1S/C20H23Cl2N3O3/c1-5-6-7-23-19(27)12(4)24-16-10-17(15(22)9-14(16)21)25-18(26)8-13(11(2)3)20(25)28/h5-6,9-10,12,24H,7-8H2,1-4H3,(H,23,27). The lowest BCUT2D eigenvalue weighted by atomic mass is 10.1. The van der Waals surface area contributed by atoms with Gasteiger partial charge < -0.3 is 10.6 Å². The Hall–Kier alpha value is -2.31. The van der Waals surface area contributed by atoms with Crippen LogP contribution in [0.5, 0.6) is 0 Å². The maximum atomic E-state index is 12.6. The van der Waals surface area contributed by atoms with E-state index in [9.17, 15) is 14.4 Å². The Bertz CT molecular complexity index is 874. The summed E-state index contributed by atoms with van der Waals surface area (Å²) in [6.45, 7) is 7.54. The van der Waals surface area contributed by atoms with Crippen molar-refractivity contribution in [1.82, 2.24) is 5.32 Å². The van der Waals surface area contributed by atoms with Gasteiger partial charge in [0.1, 0.15) is 6.04 Å². The SMILES string of the molecule is CC=CCNC(=O)C(C)Nc1cc(N2C(=O)CC(=C(C)C)C2=O)c(Cl)cc1Cl. The largest absolute Gasteiger partial charge is 0.373 e. The lowest BCUT2D eigenvalue weighted by molar-refractivity contribution is -0.122. The Labute approximate surface area is 174 Å². The van der Waals surface area contributed by atoms with Gasteiger partial charge in [0.05, 0.1) is 27.8 Å².